The highest BCUT2D eigenvalue weighted by molar-refractivity contribution is 5.06. The van der Waals surface area contributed by atoms with Crippen LogP contribution < -0.4 is 0 Å². The van der Waals surface area contributed by atoms with Crippen LogP contribution in [0.4, 0.5) is 0 Å². The van der Waals surface area contributed by atoms with Crippen molar-refractivity contribution in [2.24, 2.45) is 0 Å². The zero-order valence-corrected chi connectivity index (χ0v) is 8.38. The average molecular weight is 168 g/mol. The number of hydrogen-bond acceptors (Lipinski definition) is 1. The molecule has 0 saturated heterocycles. The molecule has 0 fully saturated rings. The van der Waals surface area contributed by atoms with Gasteiger partial charge in [-0.15, -0.1) is 0 Å². The first-order valence-corrected chi connectivity index (χ1v) is 4.66. The third kappa shape index (κ3) is 7.55. The van der Waals surface area contributed by atoms with Crippen molar-refractivity contribution in [3.8, 4) is 0 Å². The first kappa shape index (κ1) is 11.4. The maximum atomic E-state index is 9.36. The summed E-state index contributed by atoms with van der Waals surface area (Å²) in [6.45, 7) is 6.15. The minimum atomic E-state index is -0.396. The molecule has 0 rings (SSSR count). The molecule has 12 heavy (non-hydrogen) atoms. The number of allylic oxidation sites excluding steroid dienone is 2. The summed E-state index contributed by atoms with van der Waals surface area (Å²) in [5.41, 5.74) is 1.16. The Morgan fingerprint density at radius 3 is 2.58 bits per heavy atom. The lowest BCUT2D eigenvalue weighted by Gasteiger charge is -1.98. The molecule has 70 valence electrons. The summed E-state index contributed by atoms with van der Waals surface area (Å²) in [6.07, 6.45) is 8.84. The molecule has 1 heteroatoms. The number of unbranched alkanes of at least 4 members (excludes halogenated alkanes) is 2. The Labute approximate surface area is 75.8 Å². The van der Waals surface area contributed by atoms with Crippen molar-refractivity contribution in [1.82, 2.24) is 0 Å². The fourth-order valence-electron chi connectivity index (χ4n) is 0.955. The van der Waals surface area contributed by atoms with Gasteiger partial charge in [0.25, 0.3) is 0 Å². The van der Waals surface area contributed by atoms with E-state index in [1.807, 2.05) is 32.1 Å². The first-order valence-electron chi connectivity index (χ1n) is 4.66. The van der Waals surface area contributed by atoms with Gasteiger partial charge >= 0.3 is 0 Å². The van der Waals surface area contributed by atoms with Gasteiger partial charge in [-0.3, -0.25) is 0 Å². The monoisotopic (exact) mass is 168 g/mol. The third-order valence-corrected chi connectivity index (χ3v) is 1.56. The lowest BCUT2D eigenvalue weighted by molar-refractivity contribution is 0.270. The van der Waals surface area contributed by atoms with E-state index in [-0.39, 0.29) is 0 Å². The molecule has 0 saturated carbocycles. The highest BCUT2D eigenvalue weighted by Crippen LogP contribution is 1.99. The highest BCUT2D eigenvalue weighted by Gasteiger charge is 1.90. The Morgan fingerprint density at radius 2 is 2.08 bits per heavy atom. The molecule has 0 bridgehead atoms. The molecule has 0 aliphatic rings. The Morgan fingerprint density at radius 1 is 1.42 bits per heavy atom. The molecule has 0 amide bonds. The standard InChI is InChI=1S/C11H20O/c1-4-5-6-7-8-11(12)9-10(2)3/h7-9,11-12H,4-6H2,1-3H3/b8-7-. The summed E-state index contributed by atoms with van der Waals surface area (Å²) >= 11 is 0. The Kier molecular flexibility index (Phi) is 6.78. The van der Waals surface area contributed by atoms with E-state index in [2.05, 4.69) is 6.92 Å². The van der Waals surface area contributed by atoms with Crippen molar-refractivity contribution in [3.05, 3.63) is 23.8 Å². The van der Waals surface area contributed by atoms with E-state index in [1.165, 1.54) is 12.8 Å². The summed E-state index contributed by atoms with van der Waals surface area (Å²) in [5.74, 6) is 0. The number of hydrogen-bond donors (Lipinski definition) is 1. The summed E-state index contributed by atoms with van der Waals surface area (Å²) in [5, 5.41) is 9.36. The molecule has 0 spiro atoms. The molecule has 0 aromatic carbocycles. The van der Waals surface area contributed by atoms with Crippen LogP contribution in [0.3, 0.4) is 0 Å². The molecule has 1 unspecified atom stereocenters. The van der Waals surface area contributed by atoms with Crippen LogP contribution in [0.5, 0.6) is 0 Å². The number of aliphatic hydroxyl groups excluding tert-OH is 1. The van der Waals surface area contributed by atoms with Crippen LogP contribution in [0.2, 0.25) is 0 Å². The maximum Gasteiger partial charge on any atom is 0.0905 e. The number of aliphatic hydroxyl groups is 1. The van der Waals surface area contributed by atoms with Gasteiger partial charge in [-0.1, -0.05) is 43.6 Å². The van der Waals surface area contributed by atoms with Gasteiger partial charge in [-0.2, -0.15) is 0 Å². The van der Waals surface area contributed by atoms with Gasteiger partial charge in [0.1, 0.15) is 0 Å². The second-order valence-electron chi connectivity index (χ2n) is 3.30. The minimum absolute atomic E-state index is 0.396. The van der Waals surface area contributed by atoms with E-state index in [4.69, 9.17) is 0 Å². The van der Waals surface area contributed by atoms with E-state index in [1.54, 1.807) is 0 Å². The topological polar surface area (TPSA) is 20.2 Å². The van der Waals surface area contributed by atoms with Crippen molar-refractivity contribution < 1.29 is 5.11 Å². The molecule has 0 aliphatic heterocycles. The average Bonchev–Trinajstić information content (AvgIpc) is 1.97. The van der Waals surface area contributed by atoms with Crippen molar-refractivity contribution in [2.75, 3.05) is 0 Å². The van der Waals surface area contributed by atoms with Crippen LogP contribution in [0.15, 0.2) is 23.8 Å². The predicted octanol–water partition coefficient (Wildman–Crippen LogP) is 3.06. The van der Waals surface area contributed by atoms with Gasteiger partial charge in [-0.05, 0) is 20.3 Å². The van der Waals surface area contributed by atoms with Gasteiger partial charge in [0.2, 0.25) is 0 Å². The molecular weight excluding hydrogens is 148 g/mol. The second-order valence-corrected chi connectivity index (χ2v) is 3.30. The molecule has 0 aliphatic carbocycles. The van der Waals surface area contributed by atoms with E-state index >= 15 is 0 Å². The highest BCUT2D eigenvalue weighted by atomic mass is 16.3. The van der Waals surface area contributed by atoms with Crippen LogP contribution in [-0.2, 0) is 0 Å². The van der Waals surface area contributed by atoms with Crippen LogP contribution >= 0.6 is 0 Å². The Balaban J connectivity index is 3.61. The fraction of sp³-hybridized carbons (Fsp3) is 0.636. The molecule has 1 N–H and O–H groups in total. The second kappa shape index (κ2) is 7.11. The van der Waals surface area contributed by atoms with Crippen LogP contribution in [0.25, 0.3) is 0 Å². The van der Waals surface area contributed by atoms with Crippen molar-refractivity contribution >= 4 is 0 Å². The normalized spacial score (nSPS) is 13.3. The Hall–Kier alpha value is -0.560. The molecule has 1 nitrogen and oxygen atoms in total. The fourth-order valence-corrected chi connectivity index (χ4v) is 0.955. The van der Waals surface area contributed by atoms with Crippen molar-refractivity contribution in [2.45, 2.75) is 46.1 Å². The van der Waals surface area contributed by atoms with Gasteiger partial charge in [-0.25, -0.2) is 0 Å². The first-order chi connectivity index (χ1) is 5.66. The van der Waals surface area contributed by atoms with Crippen LogP contribution in [0, 0.1) is 0 Å². The zero-order valence-electron chi connectivity index (χ0n) is 8.38. The zero-order chi connectivity index (χ0) is 9.40. The minimum Gasteiger partial charge on any atom is -0.385 e. The van der Waals surface area contributed by atoms with E-state index in [0.29, 0.717) is 0 Å². The lowest BCUT2D eigenvalue weighted by atomic mass is 10.2. The van der Waals surface area contributed by atoms with Crippen LogP contribution in [-0.4, -0.2) is 11.2 Å². The summed E-state index contributed by atoms with van der Waals surface area (Å²) in [4.78, 5) is 0. The molecule has 1 atom stereocenters. The van der Waals surface area contributed by atoms with E-state index in [9.17, 15) is 5.11 Å². The molecule has 0 aromatic rings. The Bertz CT molecular complexity index is 152. The van der Waals surface area contributed by atoms with Gasteiger partial charge in [0, 0.05) is 0 Å². The quantitative estimate of drug-likeness (QED) is 0.494. The van der Waals surface area contributed by atoms with Gasteiger partial charge < -0.3 is 5.11 Å². The van der Waals surface area contributed by atoms with Crippen molar-refractivity contribution in [1.29, 1.82) is 0 Å². The molecular formula is C11H20O. The van der Waals surface area contributed by atoms with Gasteiger partial charge in [0.15, 0.2) is 0 Å². The number of rotatable bonds is 5. The summed E-state index contributed by atoms with van der Waals surface area (Å²) < 4.78 is 0. The largest absolute Gasteiger partial charge is 0.385 e. The maximum absolute atomic E-state index is 9.36. The summed E-state index contributed by atoms with van der Waals surface area (Å²) in [6, 6.07) is 0. The molecule has 0 aromatic heterocycles. The van der Waals surface area contributed by atoms with E-state index in [0.717, 1.165) is 12.0 Å². The lowest BCUT2D eigenvalue weighted by Crippen LogP contribution is -1.96. The summed E-state index contributed by atoms with van der Waals surface area (Å²) in [7, 11) is 0. The smallest absolute Gasteiger partial charge is 0.0905 e. The SMILES string of the molecule is CCCC/C=C\C(O)C=C(C)C. The van der Waals surface area contributed by atoms with Gasteiger partial charge in [0.05, 0.1) is 6.10 Å². The van der Waals surface area contributed by atoms with Crippen LogP contribution in [0.1, 0.15) is 40.0 Å². The third-order valence-electron chi connectivity index (χ3n) is 1.56. The molecule has 0 heterocycles. The molecule has 0 radical (unpaired) electrons. The van der Waals surface area contributed by atoms with Crippen molar-refractivity contribution in [3.63, 3.8) is 0 Å². The predicted molar refractivity (Wildman–Crippen MR) is 54.1 cm³/mol. The van der Waals surface area contributed by atoms with E-state index < -0.39 is 6.10 Å².